The quantitative estimate of drug-likeness (QED) is 0.634. The number of benzene rings is 2. The highest BCUT2D eigenvalue weighted by Crippen LogP contribution is 2.18. The number of amides is 1. The van der Waals surface area contributed by atoms with E-state index in [2.05, 4.69) is 46.8 Å². The highest BCUT2D eigenvalue weighted by Gasteiger charge is 2.15. The molecule has 6 nitrogen and oxygen atoms in total. The van der Waals surface area contributed by atoms with Crippen molar-refractivity contribution in [1.82, 2.24) is 10.0 Å². The van der Waals surface area contributed by atoms with E-state index in [4.69, 9.17) is 6.42 Å². The van der Waals surface area contributed by atoms with E-state index in [-0.39, 0.29) is 22.9 Å². The molecule has 0 aliphatic carbocycles. The normalized spacial score (nSPS) is 10.9. The largest absolute Gasteiger partial charge is 0.370 e. The number of sulfonamides is 1. The summed E-state index contributed by atoms with van der Waals surface area (Å²) >= 11 is 0. The van der Waals surface area contributed by atoms with Crippen LogP contribution in [0, 0.1) is 19.3 Å². The molecule has 2 aromatic rings. The zero-order valence-corrected chi connectivity index (χ0v) is 16.9. The lowest BCUT2D eigenvalue weighted by atomic mass is 10.2. The molecular formula is C21H25N3O3S. The van der Waals surface area contributed by atoms with Crippen LogP contribution in [0.15, 0.2) is 53.4 Å². The van der Waals surface area contributed by atoms with Gasteiger partial charge >= 0.3 is 0 Å². The molecule has 0 aromatic heterocycles. The van der Waals surface area contributed by atoms with Gasteiger partial charge in [-0.25, -0.2) is 8.42 Å². The van der Waals surface area contributed by atoms with Crippen molar-refractivity contribution >= 4 is 21.6 Å². The summed E-state index contributed by atoms with van der Waals surface area (Å²) in [5.41, 5.74) is 2.59. The van der Waals surface area contributed by atoms with Crippen molar-refractivity contribution in [2.45, 2.75) is 18.7 Å². The first-order valence-electron chi connectivity index (χ1n) is 9.01. The van der Waals surface area contributed by atoms with Gasteiger partial charge in [0.25, 0.3) is 5.91 Å². The Morgan fingerprint density at radius 2 is 1.93 bits per heavy atom. The SMILES string of the molecule is C#CCNS(=O)(=O)c1cccc(C(=O)NCCN(CC)c2ccccc2C)c1. The number of terminal acetylenes is 1. The maximum absolute atomic E-state index is 12.4. The van der Waals surface area contributed by atoms with Gasteiger partial charge in [-0.3, -0.25) is 4.79 Å². The third kappa shape index (κ3) is 5.59. The Morgan fingerprint density at radius 1 is 1.18 bits per heavy atom. The molecule has 0 bridgehead atoms. The summed E-state index contributed by atoms with van der Waals surface area (Å²) < 4.78 is 26.6. The Balaban J connectivity index is 2.01. The number of nitrogens with zero attached hydrogens (tertiary/aromatic N) is 1. The third-order valence-electron chi connectivity index (χ3n) is 4.28. The van der Waals surface area contributed by atoms with Crippen LogP contribution < -0.4 is 14.9 Å². The van der Waals surface area contributed by atoms with E-state index in [0.29, 0.717) is 13.1 Å². The Labute approximate surface area is 167 Å². The van der Waals surface area contributed by atoms with Gasteiger partial charge in [0.15, 0.2) is 0 Å². The fourth-order valence-corrected chi connectivity index (χ4v) is 3.78. The molecule has 148 valence electrons. The van der Waals surface area contributed by atoms with Gasteiger partial charge in [-0.05, 0) is 43.7 Å². The number of anilines is 1. The van der Waals surface area contributed by atoms with Crippen LogP contribution in [0.5, 0.6) is 0 Å². The smallest absolute Gasteiger partial charge is 0.251 e. The van der Waals surface area contributed by atoms with Crippen molar-refractivity contribution < 1.29 is 13.2 Å². The zero-order valence-electron chi connectivity index (χ0n) is 16.1. The molecule has 2 N–H and O–H groups in total. The molecule has 0 unspecified atom stereocenters. The minimum atomic E-state index is -3.74. The molecule has 7 heteroatoms. The van der Waals surface area contributed by atoms with E-state index in [1.807, 2.05) is 12.1 Å². The second-order valence-electron chi connectivity index (χ2n) is 6.18. The molecule has 0 atom stereocenters. The van der Waals surface area contributed by atoms with Crippen molar-refractivity contribution in [3.63, 3.8) is 0 Å². The van der Waals surface area contributed by atoms with Crippen molar-refractivity contribution in [1.29, 1.82) is 0 Å². The van der Waals surface area contributed by atoms with Gasteiger partial charge in [0, 0.05) is 30.9 Å². The molecule has 0 saturated carbocycles. The average molecular weight is 400 g/mol. The summed E-state index contributed by atoms with van der Waals surface area (Å²) in [6, 6.07) is 14.0. The monoisotopic (exact) mass is 399 g/mol. The van der Waals surface area contributed by atoms with E-state index in [1.165, 1.54) is 23.8 Å². The van der Waals surface area contributed by atoms with Gasteiger partial charge in [-0.15, -0.1) is 6.42 Å². The lowest BCUT2D eigenvalue weighted by Gasteiger charge is -2.25. The van der Waals surface area contributed by atoms with E-state index in [0.717, 1.165) is 12.2 Å². The highest BCUT2D eigenvalue weighted by molar-refractivity contribution is 7.89. The number of rotatable bonds is 9. The first-order chi connectivity index (χ1) is 13.4. The molecule has 0 spiro atoms. The molecule has 0 saturated heterocycles. The standard InChI is InChI=1S/C21H25N3O3S/c1-4-13-23-28(26,27)19-11-8-10-18(16-19)21(25)22-14-15-24(5-2)20-12-7-6-9-17(20)3/h1,6-12,16,23H,5,13-15H2,2-3H3,(H,22,25). The van der Waals surface area contributed by atoms with E-state index in [9.17, 15) is 13.2 Å². The number of likely N-dealkylation sites (N-methyl/N-ethyl adjacent to an activating group) is 1. The summed E-state index contributed by atoms with van der Waals surface area (Å²) in [5, 5.41) is 2.85. The number of carbonyl (C=O) groups is 1. The molecule has 0 radical (unpaired) electrons. The predicted octanol–water partition coefficient (Wildman–Crippen LogP) is 2.16. The maximum atomic E-state index is 12.4. The van der Waals surface area contributed by atoms with E-state index >= 15 is 0 Å². The Hall–Kier alpha value is -2.82. The van der Waals surface area contributed by atoms with Crippen LogP contribution in [-0.2, 0) is 10.0 Å². The van der Waals surface area contributed by atoms with Crippen LogP contribution in [0.25, 0.3) is 0 Å². The molecule has 0 heterocycles. The average Bonchev–Trinajstić information content (AvgIpc) is 2.70. The summed E-state index contributed by atoms with van der Waals surface area (Å²) in [7, 11) is -3.74. The fourth-order valence-electron chi connectivity index (χ4n) is 2.80. The molecule has 0 aliphatic heterocycles. The molecule has 2 aromatic carbocycles. The van der Waals surface area contributed by atoms with E-state index in [1.54, 1.807) is 6.07 Å². The van der Waals surface area contributed by atoms with Gasteiger partial charge in [-0.2, -0.15) is 4.72 Å². The number of aryl methyl sites for hydroxylation is 1. The number of hydrogen-bond donors (Lipinski definition) is 2. The van der Waals surface area contributed by atoms with E-state index < -0.39 is 10.0 Å². The Kier molecular flexibility index (Phi) is 7.61. The first kappa shape index (κ1) is 21.5. The summed E-state index contributed by atoms with van der Waals surface area (Å²) in [6.45, 7) is 5.91. The summed E-state index contributed by atoms with van der Waals surface area (Å²) in [6.07, 6.45) is 5.09. The number of hydrogen-bond acceptors (Lipinski definition) is 4. The number of nitrogens with one attached hydrogen (secondary N) is 2. The van der Waals surface area contributed by atoms with Crippen molar-refractivity contribution in [2.75, 3.05) is 31.1 Å². The number of carbonyl (C=O) groups excluding carboxylic acids is 1. The minimum Gasteiger partial charge on any atom is -0.370 e. The number of para-hydroxylation sites is 1. The molecule has 0 fully saturated rings. The van der Waals surface area contributed by atoms with Crippen LogP contribution >= 0.6 is 0 Å². The fraction of sp³-hybridized carbons (Fsp3) is 0.286. The summed E-state index contributed by atoms with van der Waals surface area (Å²) in [4.78, 5) is 14.6. The predicted molar refractivity (Wildman–Crippen MR) is 112 cm³/mol. The molecular weight excluding hydrogens is 374 g/mol. The van der Waals surface area contributed by atoms with Crippen LogP contribution in [0.2, 0.25) is 0 Å². The highest BCUT2D eigenvalue weighted by atomic mass is 32.2. The Morgan fingerprint density at radius 3 is 2.61 bits per heavy atom. The topological polar surface area (TPSA) is 78.5 Å². The van der Waals surface area contributed by atoms with Crippen LogP contribution in [0.4, 0.5) is 5.69 Å². The first-order valence-corrected chi connectivity index (χ1v) is 10.5. The Bertz CT molecular complexity index is 965. The van der Waals surface area contributed by atoms with Crippen molar-refractivity contribution in [3.8, 4) is 12.3 Å². The minimum absolute atomic E-state index is 0.00509. The second kappa shape index (κ2) is 9.93. The molecule has 0 aliphatic rings. The van der Waals surface area contributed by atoms with Crippen LogP contribution in [0.1, 0.15) is 22.8 Å². The van der Waals surface area contributed by atoms with Crippen LogP contribution in [0.3, 0.4) is 0 Å². The van der Waals surface area contributed by atoms with Gasteiger partial charge in [-0.1, -0.05) is 30.2 Å². The van der Waals surface area contributed by atoms with Crippen LogP contribution in [-0.4, -0.2) is 40.5 Å². The maximum Gasteiger partial charge on any atom is 0.251 e. The van der Waals surface area contributed by atoms with Gasteiger partial charge in [0.2, 0.25) is 10.0 Å². The van der Waals surface area contributed by atoms with Crippen molar-refractivity contribution in [2.24, 2.45) is 0 Å². The van der Waals surface area contributed by atoms with Gasteiger partial charge < -0.3 is 10.2 Å². The second-order valence-corrected chi connectivity index (χ2v) is 7.95. The van der Waals surface area contributed by atoms with Gasteiger partial charge in [0.1, 0.15) is 0 Å². The lowest BCUT2D eigenvalue weighted by Crippen LogP contribution is -2.35. The van der Waals surface area contributed by atoms with Gasteiger partial charge in [0.05, 0.1) is 11.4 Å². The third-order valence-corrected chi connectivity index (χ3v) is 5.67. The lowest BCUT2D eigenvalue weighted by molar-refractivity contribution is 0.0954. The molecule has 1 amide bonds. The molecule has 2 rings (SSSR count). The summed E-state index contributed by atoms with van der Waals surface area (Å²) in [5.74, 6) is 1.89. The zero-order chi connectivity index (χ0) is 20.6. The molecule has 28 heavy (non-hydrogen) atoms. The van der Waals surface area contributed by atoms with Crippen molar-refractivity contribution in [3.05, 3.63) is 59.7 Å².